The molecule has 0 bridgehead atoms. The van der Waals surface area contributed by atoms with Crippen molar-refractivity contribution in [3.63, 3.8) is 0 Å². The van der Waals surface area contributed by atoms with Crippen LogP contribution >= 0.6 is 0 Å². The van der Waals surface area contributed by atoms with E-state index < -0.39 is 49.9 Å². The molecule has 0 aliphatic rings. The quantitative estimate of drug-likeness (QED) is 0.0437. The molecule has 12 nitrogen and oxygen atoms in total. The zero-order valence-corrected chi connectivity index (χ0v) is 41.3. The first-order valence-corrected chi connectivity index (χ1v) is 37.8. The van der Waals surface area contributed by atoms with Gasteiger partial charge in [0.15, 0.2) is 49.9 Å². The molecule has 0 radical (unpaired) electrons. The topological polar surface area (TPSA) is 177 Å². The van der Waals surface area contributed by atoms with Gasteiger partial charge in [-0.25, -0.2) is 0 Å². The summed E-state index contributed by atoms with van der Waals surface area (Å²) in [4.78, 5) is 57.7. The summed E-state index contributed by atoms with van der Waals surface area (Å²) in [7, 11) is -11.8. The summed E-state index contributed by atoms with van der Waals surface area (Å²) in [6, 6.07) is 4.58. The van der Waals surface area contributed by atoms with Gasteiger partial charge < -0.3 is 57.2 Å². The number of hydrogen-bond donors (Lipinski definition) is 6. The molecule has 0 aromatic carbocycles. The second-order valence-corrected chi connectivity index (χ2v) is 42.1. The maximum absolute atomic E-state index is 9.71. The SMILES string of the molecule is CC(COCC[Si](C)(C)O)OCC[Si](C)(C)O.CCC(COCC[Si](C)(C)O)OCC[Si](C)(C)O.C[Si](C)(O)CCOCCOCC[Si](C)(C)O. The van der Waals surface area contributed by atoms with Crippen LogP contribution in [-0.4, -0.2) is 157 Å². The number of hydrogen-bond acceptors (Lipinski definition) is 12. The Labute approximate surface area is 319 Å². The van der Waals surface area contributed by atoms with Crippen molar-refractivity contribution in [3.05, 3.63) is 0 Å². The summed E-state index contributed by atoms with van der Waals surface area (Å²) < 4.78 is 32.9. The first-order valence-electron chi connectivity index (χ1n) is 18.8. The van der Waals surface area contributed by atoms with Crippen LogP contribution < -0.4 is 0 Å². The second kappa shape index (κ2) is 29.1. The van der Waals surface area contributed by atoms with Crippen LogP contribution in [0.1, 0.15) is 20.3 Å². The molecular weight excluding hydrogens is 757 g/mol. The van der Waals surface area contributed by atoms with E-state index in [-0.39, 0.29) is 12.2 Å². The van der Waals surface area contributed by atoms with Crippen LogP contribution in [0.3, 0.4) is 0 Å². The summed E-state index contributed by atoms with van der Waals surface area (Å²) in [6.07, 6.45) is 1.06. The largest absolute Gasteiger partial charge is 0.432 e. The fourth-order valence-corrected chi connectivity index (χ4v) is 7.20. The Balaban J connectivity index is -0.000000679. The van der Waals surface area contributed by atoms with Gasteiger partial charge >= 0.3 is 0 Å². The van der Waals surface area contributed by atoms with Crippen molar-refractivity contribution in [2.75, 3.05) is 66.1 Å². The van der Waals surface area contributed by atoms with Crippen LogP contribution in [0.15, 0.2) is 0 Å². The normalized spacial score (nSPS) is 14.4. The predicted octanol–water partition coefficient (Wildman–Crippen LogP) is 5.41. The van der Waals surface area contributed by atoms with Gasteiger partial charge in [0, 0.05) is 39.6 Å². The lowest BCUT2D eigenvalue weighted by molar-refractivity contribution is -0.0110. The van der Waals surface area contributed by atoms with Crippen LogP contribution in [0.5, 0.6) is 0 Å². The van der Waals surface area contributed by atoms with Crippen LogP contribution in [0, 0.1) is 0 Å². The molecule has 0 saturated heterocycles. The molecule has 2 unspecified atom stereocenters. The highest BCUT2D eigenvalue weighted by Crippen LogP contribution is 2.10. The fourth-order valence-electron chi connectivity index (χ4n) is 3.39. The minimum atomic E-state index is -1.99. The number of ether oxygens (including phenoxy) is 6. The van der Waals surface area contributed by atoms with Crippen molar-refractivity contribution in [2.45, 2.75) is 147 Å². The highest BCUT2D eigenvalue weighted by molar-refractivity contribution is 6.71. The predicted molar refractivity (Wildman–Crippen MR) is 226 cm³/mol. The van der Waals surface area contributed by atoms with Crippen molar-refractivity contribution < 1.29 is 57.2 Å². The smallest absolute Gasteiger partial charge is 0.184 e. The van der Waals surface area contributed by atoms with E-state index >= 15 is 0 Å². The first-order chi connectivity index (χ1) is 22.9. The Hall–Kier alpha value is 0.821. The third kappa shape index (κ3) is 57.7. The van der Waals surface area contributed by atoms with E-state index in [9.17, 15) is 28.8 Å². The highest BCUT2D eigenvalue weighted by Gasteiger charge is 2.21. The average molecular weight is 842 g/mol. The monoisotopic (exact) mass is 840 g/mol. The van der Waals surface area contributed by atoms with Crippen molar-refractivity contribution in [3.8, 4) is 0 Å². The Kier molecular flexibility index (Phi) is 32.1. The molecule has 312 valence electrons. The van der Waals surface area contributed by atoms with Crippen molar-refractivity contribution in [1.29, 1.82) is 0 Å². The van der Waals surface area contributed by atoms with Gasteiger partial charge in [-0.05, 0) is 128 Å². The molecule has 18 heteroatoms. The molecule has 0 aliphatic carbocycles. The molecule has 0 aliphatic heterocycles. The third-order valence-corrected chi connectivity index (χ3v) is 15.7. The van der Waals surface area contributed by atoms with Gasteiger partial charge in [0.25, 0.3) is 0 Å². The van der Waals surface area contributed by atoms with Crippen molar-refractivity contribution in [1.82, 2.24) is 0 Å². The van der Waals surface area contributed by atoms with Crippen molar-refractivity contribution in [2.24, 2.45) is 0 Å². The molecule has 0 fully saturated rings. The maximum Gasteiger partial charge on any atom is 0.184 e. The Morgan fingerprint density at radius 2 is 0.647 bits per heavy atom. The summed E-state index contributed by atoms with van der Waals surface area (Å²) in [5.41, 5.74) is 0. The Bertz CT molecular complexity index is 770. The summed E-state index contributed by atoms with van der Waals surface area (Å²) >= 11 is 0. The fraction of sp³-hybridized carbons (Fsp3) is 1.00. The Morgan fingerprint density at radius 1 is 0.373 bits per heavy atom. The van der Waals surface area contributed by atoms with Gasteiger partial charge in [0.2, 0.25) is 0 Å². The highest BCUT2D eigenvalue weighted by atomic mass is 28.4. The average Bonchev–Trinajstić information content (AvgIpc) is 2.91. The molecule has 0 heterocycles. The third-order valence-electron chi connectivity index (χ3n) is 7.10. The minimum absolute atomic E-state index is 0.0508. The second-order valence-electron chi connectivity index (χ2n) is 17.3. The van der Waals surface area contributed by atoms with Gasteiger partial charge in [-0.2, -0.15) is 0 Å². The van der Waals surface area contributed by atoms with Crippen molar-refractivity contribution >= 4 is 49.9 Å². The zero-order chi connectivity index (χ0) is 40.4. The lowest BCUT2D eigenvalue weighted by Crippen LogP contribution is -2.30. The molecule has 0 aromatic heterocycles. The molecular formula is C33H84O12Si6. The Morgan fingerprint density at radius 3 is 0.961 bits per heavy atom. The molecule has 0 spiro atoms. The summed E-state index contributed by atoms with van der Waals surface area (Å²) in [5.74, 6) is 0. The van der Waals surface area contributed by atoms with Gasteiger partial charge in [-0.3, -0.25) is 0 Å². The molecule has 0 aromatic rings. The van der Waals surface area contributed by atoms with E-state index in [1.54, 1.807) is 0 Å². The molecule has 0 amide bonds. The maximum atomic E-state index is 9.71. The van der Waals surface area contributed by atoms with Gasteiger partial charge in [0.05, 0.1) is 38.6 Å². The summed E-state index contributed by atoms with van der Waals surface area (Å²) in [5, 5.41) is 0. The van der Waals surface area contributed by atoms with Crippen LogP contribution in [0.25, 0.3) is 0 Å². The molecule has 51 heavy (non-hydrogen) atoms. The van der Waals surface area contributed by atoms with E-state index in [4.69, 9.17) is 28.4 Å². The lowest BCUT2D eigenvalue weighted by Gasteiger charge is -2.20. The van der Waals surface area contributed by atoms with E-state index in [0.717, 1.165) is 42.7 Å². The van der Waals surface area contributed by atoms with E-state index in [1.165, 1.54) is 0 Å². The lowest BCUT2D eigenvalue weighted by atomic mass is 10.3. The minimum Gasteiger partial charge on any atom is -0.432 e. The van der Waals surface area contributed by atoms with Crippen LogP contribution in [-0.2, 0) is 28.4 Å². The molecule has 0 rings (SSSR count). The van der Waals surface area contributed by atoms with Crippen LogP contribution in [0.4, 0.5) is 0 Å². The first kappa shape index (κ1) is 56.2. The molecule has 0 saturated carbocycles. The molecule has 6 N–H and O–H groups in total. The van der Waals surface area contributed by atoms with Crippen LogP contribution in [0.2, 0.25) is 115 Å². The molecule has 2 atom stereocenters. The zero-order valence-electron chi connectivity index (χ0n) is 35.3. The van der Waals surface area contributed by atoms with E-state index in [2.05, 4.69) is 6.92 Å². The van der Waals surface area contributed by atoms with Gasteiger partial charge in [-0.15, -0.1) is 0 Å². The van der Waals surface area contributed by atoms with E-state index in [0.29, 0.717) is 66.1 Å². The standard InChI is InChI=1S/C12H30O4Si2.C11H28O4Si2.C10H26O4Si2/c1-6-12(16-8-10-18(4,5)14)11-15-7-9-17(2,3)13;1-11(15-7-9-17(4,5)13)10-14-6-8-16(2,3)12;1-15(2,11)9-7-13-5-6-14-8-10-16(3,4)12/h12-14H,6-11H2,1-5H3;11-13H,6-10H2,1-5H3;11-12H,5-10H2,1-4H3. The summed E-state index contributed by atoms with van der Waals surface area (Å²) in [6.45, 7) is 32.8. The van der Waals surface area contributed by atoms with E-state index in [1.807, 2.05) is 85.5 Å². The van der Waals surface area contributed by atoms with Gasteiger partial charge in [-0.1, -0.05) is 6.92 Å². The van der Waals surface area contributed by atoms with Gasteiger partial charge in [0.1, 0.15) is 0 Å². The number of rotatable bonds is 28.